The van der Waals surface area contributed by atoms with E-state index in [0.717, 1.165) is 44.3 Å². The lowest BCUT2D eigenvalue weighted by Gasteiger charge is -2.14. The fraction of sp³-hybridized carbons (Fsp3) is 0.0435. The highest BCUT2D eigenvalue weighted by Crippen LogP contribution is 2.42. The molecule has 3 heterocycles. The molecule has 0 aliphatic rings. The Morgan fingerprint density at radius 2 is 1.06 bits per heavy atom. The summed E-state index contributed by atoms with van der Waals surface area (Å²) < 4.78 is 4.90. The lowest BCUT2D eigenvalue weighted by atomic mass is 9.96. The maximum Gasteiger partial charge on any atom is 0.235 e. The molecule has 0 spiro atoms. The van der Waals surface area contributed by atoms with Gasteiger partial charge in [-0.15, -0.1) is 11.3 Å². The summed E-state index contributed by atoms with van der Waals surface area (Å²) in [5.74, 6) is 0.664. The molecule has 7 aromatic carbocycles. The van der Waals surface area contributed by atoms with Crippen LogP contribution in [-0.2, 0) is 0 Å². The van der Waals surface area contributed by atoms with Crippen molar-refractivity contribution in [2.45, 2.75) is 13.8 Å². The van der Waals surface area contributed by atoms with Crippen LogP contribution < -0.4 is 0 Å². The molecule has 0 fully saturated rings. The highest BCUT2D eigenvalue weighted by Gasteiger charge is 2.20. The highest BCUT2D eigenvalue weighted by molar-refractivity contribution is 7.26. The second-order valence-electron chi connectivity index (χ2n) is 12.2. The van der Waals surface area contributed by atoms with Crippen molar-refractivity contribution in [3.8, 4) is 39.5 Å². The van der Waals surface area contributed by atoms with Gasteiger partial charge in [0.1, 0.15) is 0 Å². The normalized spacial score (nSPS) is 11.4. The van der Waals surface area contributed by atoms with E-state index >= 15 is 0 Å². The molecule has 3 aromatic heterocycles. The van der Waals surface area contributed by atoms with Crippen molar-refractivity contribution < 1.29 is 0 Å². The van der Waals surface area contributed by atoms with Crippen molar-refractivity contribution in [1.82, 2.24) is 14.5 Å². The Morgan fingerprint density at radius 1 is 0.460 bits per heavy atom. The first-order chi connectivity index (χ1) is 24.8. The Bertz CT molecular complexity index is 2850. The lowest BCUT2D eigenvalue weighted by molar-refractivity contribution is 1.01. The van der Waals surface area contributed by atoms with Gasteiger partial charge in [-0.25, -0.2) is 9.97 Å². The van der Waals surface area contributed by atoms with Gasteiger partial charge in [0, 0.05) is 47.5 Å². The van der Waals surface area contributed by atoms with Gasteiger partial charge in [0.2, 0.25) is 5.95 Å². The molecule has 4 heteroatoms. The highest BCUT2D eigenvalue weighted by atomic mass is 32.1. The fourth-order valence-electron chi connectivity index (χ4n) is 7.27. The van der Waals surface area contributed by atoms with Crippen molar-refractivity contribution in [1.29, 1.82) is 0 Å². The van der Waals surface area contributed by atoms with E-state index in [2.05, 4.69) is 156 Å². The molecule has 10 rings (SSSR count). The quantitative estimate of drug-likeness (QED) is 0.188. The Morgan fingerprint density at radius 3 is 1.90 bits per heavy atom. The lowest BCUT2D eigenvalue weighted by Crippen LogP contribution is -2.04. The third-order valence-corrected chi connectivity index (χ3v) is 10.6. The molecule has 0 bridgehead atoms. The van der Waals surface area contributed by atoms with Crippen molar-refractivity contribution in [3.05, 3.63) is 164 Å². The monoisotopic (exact) mass is 659 g/mol. The zero-order valence-corrected chi connectivity index (χ0v) is 28.7. The Hall–Kier alpha value is -6.10. The Balaban J connectivity index is 0.00000165. The van der Waals surface area contributed by atoms with Gasteiger partial charge in [-0.05, 0) is 41.0 Å². The first kappa shape index (κ1) is 30.0. The molecular formula is C46H33N3S. The fourth-order valence-corrected chi connectivity index (χ4v) is 8.51. The molecule has 0 atom stereocenters. The maximum atomic E-state index is 5.32. The van der Waals surface area contributed by atoms with Gasteiger partial charge in [0.15, 0.2) is 0 Å². The molecule has 0 N–H and O–H groups in total. The van der Waals surface area contributed by atoms with E-state index < -0.39 is 0 Å². The maximum absolute atomic E-state index is 5.32. The van der Waals surface area contributed by atoms with Crippen molar-refractivity contribution in [2.24, 2.45) is 0 Å². The van der Waals surface area contributed by atoms with Gasteiger partial charge in [0.25, 0.3) is 0 Å². The van der Waals surface area contributed by atoms with Gasteiger partial charge < -0.3 is 0 Å². The van der Waals surface area contributed by atoms with E-state index in [-0.39, 0.29) is 0 Å². The van der Waals surface area contributed by atoms with Crippen LogP contribution in [0.3, 0.4) is 0 Å². The summed E-state index contributed by atoms with van der Waals surface area (Å²) in [6.07, 6.45) is 0. The number of para-hydroxylation sites is 3. The number of rotatable bonds is 4. The van der Waals surface area contributed by atoms with Gasteiger partial charge >= 0.3 is 0 Å². The Kier molecular flexibility index (Phi) is 7.45. The largest absolute Gasteiger partial charge is 0.277 e. The van der Waals surface area contributed by atoms with E-state index in [1.165, 1.54) is 42.1 Å². The molecule has 0 aliphatic carbocycles. The van der Waals surface area contributed by atoms with Crippen LogP contribution in [0.2, 0.25) is 0 Å². The van der Waals surface area contributed by atoms with Crippen LogP contribution in [0.1, 0.15) is 13.8 Å². The predicted octanol–water partition coefficient (Wildman–Crippen LogP) is 13.1. The molecule has 0 radical (unpaired) electrons. The second kappa shape index (κ2) is 12.4. The average Bonchev–Trinajstić information content (AvgIpc) is 3.75. The molecular weight excluding hydrogens is 627 g/mol. The summed E-state index contributed by atoms with van der Waals surface area (Å²) in [4.78, 5) is 10.5. The van der Waals surface area contributed by atoms with Crippen LogP contribution in [0, 0.1) is 0 Å². The molecule has 10 aromatic rings. The second-order valence-corrected chi connectivity index (χ2v) is 13.2. The number of hydrogen-bond acceptors (Lipinski definition) is 3. The third-order valence-electron chi connectivity index (χ3n) is 9.42. The zero-order valence-electron chi connectivity index (χ0n) is 27.8. The number of fused-ring (bicyclic) bond motifs is 7. The van der Waals surface area contributed by atoms with Gasteiger partial charge in [-0.2, -0.15) is 0 Å². The summed E-state index contributed by atoms with van der Waals surface area (Å²) >= 11 is 1.87. The summed E-state index contributed by atoms with van der Waals surface area (Å²) in [6.45, 7) is 4.00. The van der Waals surface area contributed by atoms with Crippen molar-refractivity contribution >= 4 is 64.2 Å². The minimum atomic E-state index is 0.664. The van der Waals surface area contributed by atoms with Crippen LogP contribution in [0.15, 0.2) is 164 Å². The van der Waals surface area contributed by atoms with E-state index in [0.29, 0.717) is 5.95 Å². The van der Waals surface area contributed by atoms with Crippen LogP contribution in [0.5, 0.6) is 0 Å². The van der Waals surface area contributed by atoms with Gasteiger partial charge in [-0.3, -0.25) is 4.57 Å². The number of benzene rings is 7. The summed E-state index contributed by atoms with van der Waals surface area (Å²) in [5, 5.41) is 6.02. The number of hydrogen-bond donors (Lipinski definition) is 0. The van der Waals surface area contributed by atoms with Crippen molar-refractivity contribution in [2.75, 3.05) is 0 Å². The molecule has 0 aliphatic heterocycles. The molecule has 50 heavy (non-hydrogen) atoms. The molecule has 0 unspecified atom stereocenters. The molecule has 238 valence electrons. The predicted molar refractivity (Wildman–Crippen MR) is 214 cm³/mol. The standard InChI is InChI=1S/C44H27N3S.C2H6/c1-2-13-28(14-3-1)41-37-19-4-7-24-38(37)45-44(46-41)47-39-25-8-5-17-33(39)35-22-11-20-31(42(35)47)29-15-10-16-30(27-29)32-21-12-23-36-34-18-6-9-26-40(34)48-43(32)36;1-2/h1-27H;1-2H3. The van der Waals surface area contributed by atoms with Gasteiger partial charge in [0.05, 0.1) is 22.2 Å². The number of nitrogens with zero attached hydrogens (tertiary/aromatic N) is 3. The topological polar surface area (TPSA) is 30.7 Å². The third kappa shape index (κ3) is 4.80. The summed E-state index contributed by atoms with van der Waals surface area (Å²) in [5.41, 5.74) is 9.87. The zero-order chi connectivity index (χ0) is 33.6. The van der Waals surface area contributed by atoms with E-state index in [9.17, 15) is 0 Å². The SMILES string of the molecule is CC.c1ccc(-c2nc(-n3c4ccccc4c4cccc(-c5cccc(-c6cccc7c6sc6ccccc67)c5)c43)nc3ccccc23)cc1. The minimum absolute atomic E-state index is 0.664. The number of aromatic nitrogens is 3. The average molecular weight is 660 g/mol. The van der Waals surface area contributed by atoms with Gasteiger partial charge in [-0.1, -0.05) is 153 Å². The molecule has 0 saturated carbocycles. The summed E-state index contributed by atoms with van der Waals surface area (Å²) in [7, 11) is 0. The van der Waals surface area contributed by atoms with Crippen LogP contribution in [-0.4, -0.2) is 14.5 Å². The van der Waals surface area contributed by atoms with E-state index in [1.807, 2.05) is 37.3 Å². The number of thiophene rings is 1. The van der Waals surface area contributed by atoms with E-state index in [4.69, 9.17) is 9.97 Å². The first-order valence-electron chi connectivity index (χ1n) is 17.2. The van der Waals surface area contributed by atoms with Crippen molar-refractivity contribution in [3.63, 3.8) is 0 Å². The van der Waals surface area contributed by atoms with Crippen LogP contribution >= 0.6 is 11.3 Å². The van der Waals surface area contributed by atoms with Crippen LogP contribution in [0.25, 0.3) is 92.3 Å². The molecule has 3 nitrogen and oxygen atoms in total. The molecule has 0 saturated heterocycles. The minimum Gasteiger partial charge on any atom is -0.277 e. The smallest absolute Gasteiger partial charge is 0.235 e. The molecule has 0 amide bonds. The van der Waals surface area contributed by atoms with E-state index in [1.54, 1.807) is 0 Å². The van der Waals surface area contributed by atoms with Crippen LogP contribution in [0.4, 0.5) is 0 Å². The summed E-state index contributed by atoms with van der Waals surface area (Å²) in [6, 6.07) is 58.3. The Labute approximate surface area is 294 Å². The first-order valence-corrected chi connectivity index (χ1v) is 18.0.